The molecule has 2 heteroatoms. The molecule has 0 amide bonds. The van der Waals surface area contributed by atoms with Gasteiger partial charge in [-0.15, -0.1) is 0 Å². The highest BCUT2D eigenvalue weighted by molar-refractivity contribution is 6.12. The SMILES string of the molecule is C=CC1(O)C(=O)c2ccccc2-c2ccccc21. The molecule has 88 valence electrons. The summed E-state index contributed by atoms with van der Waals surface area (Å²) in [5, 5.41) is 10.6. The predicted molar refractivity (Wildman–Crippen MR) is 70.3 cm³/mol. The third kappa shape index (κ3) is 1.24. The van der Waals surface area contributed by atoms with E-state index in [0.717, 1.165) is 11.1 Å². The zero-order valence-electron chi connectivity index (χ0n) is 9.76. The van der Waals surface area contributed by atoms with Gasteiger partial charge in [0.15, 0.2) is 5.60 Å². The largest absolute Gasteiger partial charge is 0.373 e. The minimum Gasteiger partial charge on any atom is -0.373 e. The van der Waals surface area contributed by atoms with Gasteiger partial charge in [-0.05, 0) is 17.2 Å². The van der Waals surface area contributed by atoms with Gasteiger partial charge in [0.1, 0.15) is 0 Å². The molecule has 1 N–H and O–H groups in total. The highest BCUT2D eigenvalue weighted by atomic mass is 16.3. The summed E-state index contributed by atoms with van der Waals surface area (Å²) in [5.74, 6) is -0.313. The smallest absolute Gasteiger partial charge is 0.203 e. The van der Waals surface area contributed by atoms with Gasteiger partial charge >= 0.3 is 0 Å². The zero-order chi connectivity index (χ0) is 12.8. The van der Waals surface area contributed by atoms with E-state index < -0.39 is 5.60 Å². The lowest BCUT2D eigenvalue weighted by molar-refractivity contribution is 0.0514. The van der Waals surface area contributed by atoms with Crippen molar-refractivity contribution in [2.45, 2.75) is 5.60 Å². The molecule has 0 heterocycles. The number of ketones is 1. The maximum atomic E-state index is 12.4. The number of fused-ring (bicyclic) bond motifs is 3. The van der Waals surface area contributed by atoms with E-state index >= 15 is 0 Å². The lowest BCUT2D eigenvalue weighted by Gasteiger charge is -2.31. The molecule has 1 aliphatic rings. The van der Waals surface area contributed by atoms with Crippen LogP contribution in [-0.2, 0) is 5.60 Å². The van der Waals surface area contributed by atoms with Gasteiger partial charge < -0.3 is 5.11 Å². The van der Waals surface area contributed by atoms with Crippen molar-refractivity contribution in [2.75, 3.05) is 0 Å². The third-order valence-corrected chi connectivity index (χ3v) is 3.44. The molecule has 0 saturated carbocycles. The Kier molecular flexibility index (Phi) is 2.22. The highest BCUT2D eigenvalue weighted by Gasteiger charge is 2.41. The molecular weight excluding hydrogens is 224 g/mol. The second-order valence-electron chi connectivity index (χ2n) is 4.39. The molecule has 18 heavy (non-hydrogen) atoms. The van der Waals surface area contributed by atoms with E-state index in [4.69, 9.17) is 0 Å². The summed E-state index contributed by atoms with van der Waals surface area (Å²) in [4.78, 5) is 12.4. The first-order valence-electron chi connectivity index (χ1n) is 5.78. The van der Waals surface area contributed by atoms with E-state index in [9.17, 15) is 9.90 Å². The molecule has 1 unspecified atom stereocenters. The first-order valence-corrected chi connectivity index (χ1v) is 5.78. The van der Waals surface area contributed by atoms with Gasteiger partial charge in [0, 0.05) is 11.1 Å². The fraction of sp³-hybridized carbons (Fsp3) is 0.0625. The van der Waals surface area contributed by atoms with Crippen molar-refractivity contribution in [3.8, 4) is 11.1 Å². The Morgan fingerprint density at radius 2 is 1.50 bits per heavy atom. The van der Waals surface area contributed by atoms with E-state index in [1.807, 2.05) is 30.3 Å². The normalized spacial score (nSPS) is 21.1. The lowest BCUT2D eigenvalue weighted by Crippen LogP contribution is -2.37. The fourth-order valence-corrected chi connectivity index (χ4v) is 2.50. The molecule has 3 rings (SSSR count). The first kappa shape index (κ1) is 10.9. The monoisotopic (exact) mass is 236 g/mol. The molecule has 0 aromatic heterocycles. The quantitative estimate of drug-likeness (QED) is 0.773. The zero-order valence-corrected chi connectivity index (χ0v) is 9.76. The van der Waals surface area contributed by atoms with Gasteiger partial charge in [-0.3, -0.25) is 4.79 Å². The summed E-state index contributed by atoms with van der Waals surface area (Å²) in [6.45, 7) is 3.61. The van der Waals surface area contributed by atoms with Crippen molar-refractivity contribution in [1.29, 1.82) is 0 Å². The average molecular weight is 236 g/mol. The van der Waals surface area contributed by atoms with Crippen molar-refractivity contribution in [1.82, 2.24) is 0 Å². The Morgan fingerprint density at radius 1 is 0.944 bits per heavy atom. The van der Waals surface area contributed by atoms with Crippen LogP contribution in [0.5, 0.6) is 0 Å². The molecule has 1 aliphatic carbocycles. The van der Waals surface area contributed by atoms with Crippen molar-refractivity contribution < 1.29 is 9.90 Å². The van der Waals surface area contributed by atoms with Crippen molar-refractivity contribution >= 4 is 5.78 Å². The standard InChI is InChI=1S/C16H12O2/c1-2-16(18)14-10-6-5-8-12(14)11-7-3-4-9-13(11)15(16)17/h2-10,18H,1H2. The number of benzene rings is 2. The topological polar surface area (TPSA) is 37.3 Å². The van der Waals surface area contributed by atoms with E-state index in [1.165, 1.54) is 6.08 Å². The summed E-state index contributed by atoms with van der Waals surface area (Å²) in [6.07, 6.45) is 1.31. The number of hydrogen-bond acceptors (Lipinski definition) is 2. The van der Waals surface area contributed by atoms with Crippen LogP contribution in [0, 0.1) is 0 Å². The molecule has 0 saturated heterocycles. The van der Waals surface area contributed by atoms with Crippen LogP contribution in [0.15, 0.2) is 61.2 Å². The molecule has 0 fully saturated rings. The van der Waals surface area contributed by atoms with Crippen LogP contribution in [0.25, 0.3) is 11.1 Å². The summed E-state index contributed by atoms with van der Waals surface area (Å²) in [7, 11) is 0. The second kappa shape index (κ2) is 3.65. The molecule has 2 aromatic rings. The van der Waals surface area contributed by atoms with E-state index in [-0.39, 0.29) is 5.78 Å². The summed E-state index contributed by atoms with van der Waals surface area (Å²) in [6, 6.07) is 14.7. The predicted octanol–water partition coefficient (Wildman–Crippen LogP) is 2.92. The molecule has 0 spiro atoms. The Hall–Kier alpha value is -2.19. The lowest BCUT2D eigenvalue weighted by atomic mass is 9.75. The Labute approximate surface area is 105 Å². The van der Waals surface area contributed by atoms with E-state index in [1.54, 1.807) is 18.2 Å². The Bertz CT molecular complexity index is 658. The molecular formula is C16H12O2. The van der Waals surface area contributed by atoms with E-state index in [0.29, 0.717) is 11.1 Å². The van der Waals surface area contributed by atoms with Crippen molar-refractivity contribution in [3.05, 3.63) is 72.3 Å². The van der Waals surface area contributed by atoms with Gasteiger partial charge in [-0.25, -0.2) is 0 Å². The maximum Gasteiger partial charge on any atom is 0.203 e. The number of hydrogen-bond donors (Lipinski definition) is 1. The van der Waals surface area contributed by atoms with Gasteiger partial charge in [0.2, 0.25) is 5.78 Å². The van der Waals surface area contributed by atoms with Crippen molar-refractivity contribution in [2.24, 2.45) is 0 Å². The molecule has 2 aromatic carbocycles. The number of Topliss-reactive ketones (excluding diaryl/α,β-unsaturated/α-hetero) is 1. The van der Waals surface area contributed by atoms with Crippen molar-refractivity contribution in [3.63, 3.8) is 0 Å². The van der Waals surface area contributed by atoms with Gasteiger partial charge in [0.05, 0.1) is 0 Å². The van der Waals surface area contributed by atoms with Crippen LogP contribution in [0.3, 0.4) is 0 Å². The van der Waals surface area contributed by atoms with Crippen LogP contribution in [-0.4, -0.2) is 10.9 Å². The van der Waals surface area contributed by atoms with Gasteiger partial charge in [-0.1, -0.05) is 55.1 Å². The van der Waals surface area contributed by atoms with Crippen LogP contribution in [0.1, 0.15) is 15.9 Å². The fourth-order valence-electron chi connectivity index (χ4n) is 2.50. The highest BCUT2D eigenvalue weighted by Crippen LogP contribution is 2.42. The Balaban J connectivity index is 2.43. The van der Waals surface area contributed by atoms with Crippen LogP contribution in [0.4, 0.5) is 0 Å². The maximum absolute atomic E-state index is 12.4. The van der Waals surface area contributed by atoms with Crippen LogP contribution < -0.4 is 0 Å². The van der Waals surface area contributed by atoms with E-state index in [2.05, 4.69) is 6.58 Å². The van der Waals surface area contributed by atoms with Crippen LogP contribution in [0.2, 0.25) is 0 Å². The number of carbonyl (C=O) groups is 1. The Morgan fingerprint density at radius 3 is 2.17 bits per heavy atom. The number of rotatable bonds is 1. The number of carbonyl (C=O) groups excluding carboxylic acids is 1. The van der Waals surface area contributed by atoms with Gasteiger partial charge in [-0.2, -0.15) is 0 Å². The number of aliphatic hydroxyl groups is 1. The summed E-state index contributed by atoms with van der Waals surface area (Å²) >= 11 is 0. The molecule has 1 atom stereocenters. The second-order valence-corrected chi connectivity index (χ2v) is 4.39. The third-order valence-electron chi connectivity index (χ3n) is 3.44. The minimum atomic E-state index is -1.62. The van der Waals surface area contributed by atoms with Crippen LogP contribution >= 0.6 is 0 Å². The van der Waals surface area contributed by atoms with Gasteiger partial charge in [0.25, 0.3) is 0 Å². The first-order chi connectivity index (χ1) is 8.68. The summed E-state index contributed by atoms with van der Waals surface area (Å²) < 4.78 is 0. The molecule has 0 radical (unpaired) electrons. The molecule has 2 nitrogen and oxygen atoms in total. The molecule has 0 aliphatic heterocycles. The average Bonchev–Trinajstić information content (AvgIpc) is 2.45. The minimum absolute atomic E-state index is 0.313. The summed E-state index contributed by atoms with van der Waals surface area (Å²) in [5.41, 5.74) is 1.27. The molecule has 0 bridgehead atoms.